The zero-order valence-electron chi connectivity index (χ0n) is 35.0. The van der Waals surface area contributed by atoms with E-state index in [2.05, 4.69) is 0 Å². The highest BCUT2D eigenvalue weighted by molar-refractivity contribution is 6.28. The van der Waals surface area contributed by atoms with Crippen LogP contribution in [-0.4, -0.2) is 36.0 Å². The number of nitrogens with zero attached hydrogens (tertiary/aromatic N) is 2. The number of hydrogen-bond donors (Lipinski definition) is 0. The maximum Gasteiger partial charge on any atom is 0.411 e. The van der Waals surface area contributed by atoms with Gasteiger partial charge in [0.05, 0.1) is 11.4 Å². The molecule has 0 fully saturated rings. The fourth-order valence-corrected chi connectivity index (χ4v) is 8.54. The lowest BCUT2D eigenvalue weighted by Gasteiger charge is -2.41. The number of carbonyl (C=O) groups excluding carboxylic acids is 4. The van der Waals surface area contributed by atoms with Crippen molar-refractivity contribution >= 4 is 35.0 Å². The molecule has 0 atom stereocenters. The van der Waals surface area contributed by atoms with E-state index in [4.69, 9.17) is 9.47 Å². The van der Waals surface area contributed by atoms with Crippen molar-refractivity contribution in [1.82, 2.24) is 0 Å². The van der Waals surface area contributed by atoms with Crippen LogP contribution in [0.3, 0.4) is 0 Å². The number of anilines is 2. The third kappa shape index (κ3) is 7.96. The van der Waals surface area contributed by atoms with Crippen LogP contribution in [0, 0.1) is 27.7 Å². The maximum atomic E-state index is 16.3. The summed E-state index contributed by atoms with van der Waals surface area (Å²) in [6.45, 7) is 5.81. The van der Waals surface area contributed by atoms with Crippen molar-refractivity contribution in [3.8, 4) is 45.3 Å². The van der Waals surface area contributed by atoms with Crippen LogP contribution in [0.15, 0.2) is 146 Å². The Labute approximate surface area is 368 Å². The molecule has 6 aromatic rings. The van der Waals surface area contributed by atoms with Crippen LogP contribution in [0.5, 0.6) is 23.0 Å². The van der Waals surface area contributed by atoms with Gasteiger partial charge in [0.1, 0.15) is 23.0 Å². The fourth-order valence-electron chi connectivity index (χ4n) is 8.54. The molecule has 0 saturated carbocycles. The Bertz CT molecular complexity index is 2750. The van der Waals surface area contributed by atoms with Gasteiger partial charge in [-0.15, -0.1) is 0 Å². The number of benzene rings is 6. The van der Waals surface area contributed by atoms with Crippen LogP contribution in [0.25, 0.3) is 22.3 Å². The third-order valence-corrected chi connectivity index (χ3v) is 11.1. The molecule has 4 amide bonds. The third-order valence-electron chi connectivity index (χ3n) is 11.1. The Balaban J connectivity index is 1.21. The molecule has 65 heavy (non-hydrogen) atoms. The average Bonchev–Trinajstić information content (AvgIpc) is 3.75. The molecular formula is C51H36F6N2O6. The number of aryl methyl sites for hydroxylation is 4. The van der Waals surface area contributed by atoms with Crippen LogP contribution in [-0.2, 0) is 24.6 Å². The van der Waals surface area contributed by atoms with E-state index >= 15 is 26.3 Å². The predicted molar refractivity (Wildman–Crippen MR) is 232 cm³/mol. The van der Waals surface area contributed by atoms with E-state index in [0.717, 1.165) is 46.2 Å². The zero-order chi connectivity index (χ0) is 46.6. The minimum atomic E-state index is -5.95. The van der Waals surface area contributed by atoms with E-state index in [1.54, 1.807) is 24.3 Å². The minimum Gasteiger partial charge on any atom is -0.457 e. The van der Waals surface area contributed by atoms with E-state index in [1.165, 1.54) is 113 Å². The Hall–Kier alpha value is -7.74. The van der Waals surface area contributed by atoms with Crippen molar-refractivity contribution in [2.75, 3.05) is 9.80 Å². The van der Waals surface area contributed by atoms with E-state index in [9.17, 15) is 19.2 Å². The molecule has 0 aromatic heterocycles. The molecule has 0 N–H and O–H groups in total. The molecule has 14 heteroatoms. The molecular weight excluding hydrogens is 851 g/mol. The smallest absolute Gasteiger partial charge is 0.411 e. The van der Waals surface area contributed by atoms with Gasteiger partial charge in [-0.25, -0.2) is 9.80 Å². The molecule has 0 bridgehead atoms. The van der Waals surface area contributed by atoms with Crippen molar-refractivity contribution in [2.24, 2.45) is 0 Å². The lowest BCUT2D eigenvalue weighted by molar-refractivity contribution is -0.288. The number of amides is 4. The van der Waals surface area contributed by atoms with Gasteiger partial charge in [0.25, 0.3) is 23.6 Å². The largest absolute Gasteiger partial charge is 0.457 e. The Kier molecular flexibility index (Phi) is 11.1. The molecule has 0 unspecified atom stereocenters. The van der Waals surface area contributed by atoms with Crippen LogP contribution in [0.1, 0.15) is 33.4 Å². The maximum absolute atomic E-state index is 16.3. The highest BCUT2D eigenvalue weighted by Crippen LogP contribution is 2.61. The summed E-state index contributed by atoms with van der Waals surface area (Å²) in [5, 5.41) is 0. The molecule has 2 aliphatic rings. The van der Waals surface area contributed by atoms with Crippen LogP contribution in [0.2, 0.25) is 0 Å². The first-order valence-corrected chi connectivity index (χ1v) is 20.0. The number of imide groups is 2. The van der Waals surface area contributed by atoms with Crippen LogP contribution >= 0.6 is 0 Å². The van der Waals surface area contributed by atoms with E-state index in [-0.39, 0.29) is 78.9 Å². The van der Waals surface area contributed by atoms with Crippen molar-refractivity contribution < 1.29 is 55.0 Å². The summed E-state index contributed by atoms with van der Waals surface area (Å²) in [7, 11) is 0. The van der Waals surface area contributed by atoms with Gasteiger partial charge in [-0.1, -0.05) is 71.8 Å². The summed E-state index contributed by atoms with van der Waals surface area (Å²) in [4.78, 5) is 50.9. The van der Waals surface area contributed by atoms with Gasteiger partial charge < -0.3 is 9.47 Å². The zero-order valence-corrected chi connectivity index (χ0v) is 35.0. The van der Waals surface area contributed by atoms with Gasteiger partial charge in [-0.2, -0.15) is 26.3 Å². The summed E-state index contributed by atoms with van der Waals surface area (Å²) in [6, 6.07) is 28.3. The molecule has 328 valence electrons. The standard InChI is InChI=1S/C51H36F6N2O6/c1-29-23-31(3)47(33-11-15-37(16-12-33)64-39-9-5-7-35(27-39)58-43(60)19-20-44(58)61)41(25-29)49(50(52,53)54,51(55,56)57)42-26-30(2)24-32(4)48(42)34-13-17-38(18-14-34)65-40-10-6-8-36(28-40)59-45(62)21-22-46(59)63/h5-28H,1-4H3. The predicted octanol–water partition coefficient (Wildman–Crippen LogP) is 12.1. The monoisotopic (exact) mass is 886 g/mol. The van der Waals surface area contributed by atoms with Gasteiger partial charge in [-0.05, 0) is 121 Å². The van der Waals surface area contributed by atoms with Gasteiger partial charge >= 0.3 is 12.4 Å². The summed E-state index contributed by atoms with van der Waals surface area (Å²) in [6.07, 6.45) is -7.37. The van der Waals surface area contributed by atoms with E-state index in [0.29, 0.717) is 0 Å². The Morgan fingerprint density at radius 2 is 0.754 bits per heavy atom. The molecule has 2 aliphatic heterocycles. The summed E-state index contributed by atoms with van der Waals surface area (Å²) in [5.41, 5.74) is -5.87. The first-order chi connectivity index (χ1) is 30.8. The first kappa shape index (κ1) is 43.9. The van der Waals surface area contributed by atoms with Gasteiger partial charge in [-0.3, -0.25) is 19.2 Å². The number of carbonyl (C=O) groups is 4. The number of hydrogen-bond acceptors (Lipinski definition) is 6. The highest BCUT2D eigenvalue weighted by Gasteiger charge is 2.74. The van der Waals surface area contributed by atoms with Crippen molar-refractivity contribution in [3.63, 3.8) is 0 Å². The molecule has 0 saturated heterocycles. The Morgan fingerprint density at radius 1 is 0.415 bits per heavy atom. The second-order valence-corrected chi connectivity index (χ2v) is 15.7. The molecule has 8 nitrogen and oxygen atoms in total. The summed E-state index contributed by atoms with van der Waals surface area (Å²) in [5.74, 6) is -1.38. The fraction of sp³-hybridized carbons (Fsp3) is 0.137. The summed E-state index contributed by atoms with van der Waals surface area (Å²) >= 11 is 0. The normalized spacial score (nSPS) is 14.2. The quantitative estimate of drug-likeness (QED) is 0.100. The van der Waals surface area contributed by atoms with Gasteiger partial charge in [0.15, 0.2) is 0 Å². The number of alkyl halides is 6. The molecule has 0 spiro atoms. The first-order valence-electron chi connectivity index (χ1n) is 20.0. The van der Waals surface area contributed by atoms with Crippen LogP contribution in [0.4, 0.5) is 37.7 Å². The lowest BCUT2D eigenvalue weighted by atomic mass is 9.66. The van der Waals surface area contributed by atoms with Crippen LogP contribution < -0.4 is 19.3 Å². The second kappa shape index (κ2) is 16.4. The molecule has 0 radical (unpaired) electrons. The van der Waals surface area contributed by atoms with Crippen molar-refractivity contribution in [1.29, 1.82) is 0 Å². The van der Waals surface area contributed by atoms with Gasteiger partial charge in [0, 0.05) is 36.4 Å². The Morgan fingerprint density at radius 3 is 1.08 bits per heavy atom. The van der Waals surface area contributed by atoms with E-state index < -0.39 is 52.5 Å². The van der Waals surface area contributed by atoms with Crippen molar-refractivity contribution in [2.45, 2.75) is 45.5 Å². The SMILES string of the molecule is Cc1cc(C)c(-c2ccc(Oc3cccc(N4C(=O)C=CC4=O)c3)cc2)c(C(c2cc(C)cc(C)c2-c2ccc(Oc3cccc(N4C(=O)C=CC4=O)c3)cc2)(C(F)(F)F)C(F)(F)F)c1. The molecule has 6 aromatic carbocycles. The second-order valence-electron chi connectivity index (χ2n) is 15.7. The molecule has 2 heterocycles. The number of halogens is 6. The topological polar surface area (TPSA) is 93.2 Å². The summed E-state index contributed by atoms with van der Waals surface area (Å²) < 4.78 is 110. The van der Waals surface area contributed by atoms with Gasteiger partial charge in [0.2, 0.25) is 5.41 Å². The lowest BCUT2D eigenvalue weighted by Crippen LogP contribution is -2.55. The number of rotatable bonds is 10. The average molecular weight is 887 g/mol. The molecule has 8 rings (SSSR count). The minimum absolute atomic E-state index is 0.0574. The number of ether oxygens (including phenoxy) is 2. The molecule has 0 aliphatic carbocycles. The highest BCUT2D eigenvalue weighted by atomic mass is 19.4. The van der Waals surface area contributed by atoms with E-state index in [1.807, 2.05) is 0 Å². The van der Waals surface area contributed by atoms with Crippen molar-refractivity contribution in [3.05, 3.63) is 179 Å².